The highest BCUT2D eigenvalue weighted by Gasteiger charge is 2.18. The largest absolute Gasteiger partial charge is 0.473 e. The molecule has 1 unspecified atom stereocenters. The summed E-state index contributed by atoms with van der Waals surface area (Å²) in [5.41, 5.74) is 2.34. The summed E-state index contributed by atoms with van der Waals surface area (Å²) in [5, 5.41) is 9.23. The van der Waals surface area contributed by atoms with E-state index in [9.17, 15) is 5.11 Å². The molecule has 0 radical (unpaired) electrons. The van der Waals surface area contributed by atoms with Crippen LogP contribution in [0.25, 0.3) is 0 Å². The van der Waals surface area contributed by atoms with Gasteiger partial charge in [-0.2, -0.15) is 0 Å². The van der Waals surface area contributed by atoms with Crippen LogP contribution in [-0.4, -0.2) is 23.8 Å². The normalized spacial score (nSPS) is 20.5. The summed E-state index contributed by atoms with van der Waals surface area (Å²) in [5.74, 6) is 0.535. The van der Waals surface area contributed by atoms with Crippen LogP contribution in [0.2, 0.25) is 0 Å². The van der Waals surface area contributed by atoms with Crippen molar-refractivity contribution in [1.82, 2.24) is 0 Å². The molecule has 0 spiro atoms. The molecule has 16 heavy (non-hydrogen) atoms. The van der Waals surface area contributed by atoms with Gasteiger partial charge in [0.15, 0.2) is 6.23 Å². The lowest BCUT2D eigenvalue weighted by Gasteiger charge is -2.19. The minimum Gasteiger partial charge on any atom is -0.473 e. The predicted octanol–water partition coefficient (Wildman–Crippen LogP) is 2.08. The fourth-order valence-corrected chi connectivity index (χ4v) is 1.63. The number of aliphatic imine (C=N–C) groups is 1. The Morgan fingerprint density at radius 3 is 2.31 bits per heavy atom. The van der Waals surface area contributed by atoms with E-state index in [0.717, 1.165) is 5.56 Å². The molecule has 1 heterocycles. The van der Waals surface area contributed by atoms with Crippen LogP contribution in [-0.2, 0) is 10.2 Å². The Bertz CT molecular complexity index is 401. The molecule has 0 aromatic heterocycles. The smallest absolute Gasteiger partial charge is 0.218 e. The minimum atomic E-state index is -0.711. The van der Waals surface area contributed by atoms with Crippen LogP contribution in [0.5, 0.6) is 0 Å². The van der Waals surface area contributed by atoms with Gasteiger partial charge in [-0.3, -0.25) is 0 Å². The molecule has 0 saturated carbocycles. The molecule has 0 fully saturated rings. The highest BCUT2D eigenvalue weighted by Crippen LogP contribution is 2.23. The van der Waals surface area contributed by atoms with Crippen LogP contribution >= 0.6 is 0 Å². The summed E-state index contributed by atoms with van der Waals surface area (Å²) >= 11 is 0. The zero-order valence-electron chi connectivity index (χ0n) is 9.90. The van der Waals surface area contributed by atoms with Gasteiger partial charge in [-0.25, -0.2) is 4.99 Å². The Morgan fingerprint density at radius 1 is 1.25 bits per heavy atom. The van der Waals surface area contributed by atoms with Gasteiger partial charge in [0.2, 0.25) is 5.90 Å². The van der Waals surface area contributed by atoms with Crippen molar-refractivity contribution in [1.29, 1.82) is 0 Å². The maximum absolute atomic E-state index is 9.23. The summed E-state index contributed by atoms with van der Waals surface area (Å²) in [6.45, 7) is 6.79. The molecule has 86 valence electrons. The lowest BCUT2D eigenvalue weighted by Crippen LogP contribution is -2.11. The van der Waals surface area contributed by atoms with Crippen LogP contribution in [0.1, 0.15) is 31.9 Å². The second-order valence-corrected chi connectivity index (χ2v) is 5.05. The summed E-state index contributed by atoms with van der Waals surface area (Å²) in [4.78, 5) is 4.00. The number of benzene rings is 1. The topological polar surface area (TPSA) is 41.8 Å². The van der Waals surface area contributed by atoms with E-state index in [2.05, 4.69) is 37.9 Å². The number of rotatable bonds is 1. The quantitative estimate of drug-likeness (QED) is 0.785. The summed E-state index contributed by atoms with van der Waals surface area (Å²) in [6.07, 6.45) is -0.711. The first-order valence-corrected chi connectivity index (χ1v) is 5.46. The molecule has 1 aliphatic heterocycles. The van der Waals surface area contributed by atoms with Crippen LogP contribution in [0.3, 0.4) is 0 Å². The standard InChI is InChI=1S/C13H17NO2/c1-13(2,3)10-6-4-9(5-7-10)12-14-11(15)8-16-12/h4-7,11,15H,8H2,1-3H3. The lowest BCUT2D eigenvalue weighted by atomic mass is 9.87. The molecule has 1 aromatic rings. The van der Waals surface area contributed by atoms with E-state index >= 15 is 0 Å². The third-order valence-corrected chi connectivity index (χ3v) is 2.63. The van der Waals surface area contributed by atoms with Crippen LogP contribution < -0.4 is 0 Å². The van der Waals surface area contributed by atoms with Crippen molar-refractivity contribution >= 4 is 5.90 Å². The predicted molar refractivity (Wildman–Crippen MR) is 63.6 cm³/mol. The van der Waals surface area contributed by atoms with Gasteiger partial charge in [0.1, 0.15) is 6.61 Å². The third-order valence-electron chi connectivity index (χ3n) is 2.63. The molecule has 0 saturated heterocycles. The van der Waals surface area contributed by atoms with Gasteiger partial charge in [0, 0.05) is 5.56 Å². The Balaban J connectivity index is 2.23. The van der Waals surface area contributed by atoms with E-state index in [0.29, 0.717) is 5.90 Å². The Morgan fingerprint density at radius 2 is 1.88 bits per heavy atom. The Labute approximate surface area is 95.8 Å². The minimum absolute atomic E-state index is 0.149. The number of hydrogen-bond acceptors (Lipinski definition) is 3. The van der Waals surface area contributed by atoms with Gasteiger partial charge in [0.25, 0.3) is 0 Å². The van der Waals surface area contributed by atoms with Crippen molar-refractivity contribution in [2.24, 2.45) is 4.99 Å². The molecule has 1 aliphatic rings. The van der Waals surface area contributed by atoms with Crippen molar-refractivity contribution in [3.8, 4) is 0 Å². The number of nitrogens with zero attached hydrogens (tertiary/aromatic N) is 1. The Kier molecular flexibility index (Phi) is 2.72. The van der Waals surface area contributed by atoms with E-state index in [1.54, 1.807) is 0 Å². The molecular formula is C13H17NO2. The molecule has 0 aliphatic carbocycles. The van der Waals surface area contributed by atoms with Gasteiger partial charge < -0.3 is 9.84 Å². The molecule has 3 nitrogen and oxygen atoms in total. The van der Waals surface area contributed by atoms with E-state index in [1.807, 2.05) is 12.1 Å². The summed E-state index contributed by atoms with van der Waals surface area (Å²) in [6, 6.07) is 8.12. The monoisotopic (exact) mass is 219 g/mol. The first kappa shape index (κ1) is 11.1. The third kappa shape index (κ3) is 2.25. The zero-order valence-corrected chi connectivity index (χ0v) is 9.90. The van der Waals surface area contributed by atoms with Gasteiger partial charge in [-0.1, -0.05) is 32.9 Å². The highest BCUT2D eigenvalue weighted by molar-refractivity contribution is 5.95. The second-order valence-electron chi connectivity index (χ2n) is 5.05. The van der Waals surface area contributed by atoms with E-state index < -0.39 is 6.23 Å². The average molecular weight is 219 g/mol. The molecule has 1 atom stereocenters. The van der Waals surface area contributed by atoms with Crippen LogP contribution in [0.4, 0.5) is 0 Å². The molecule has 3 heteroatoms. The molecule has 2 rings (SSSR count). The molecular weight excluding hydrogens is 202 g/mol. The molecule has 1 aromatic carbocycles. The summed E-state index contributed by atoms with van der Waals surface area (Å²) in [7, 11) is 0. The van der Waals surface area contributed by atoms with Gasteiger partial charge >= 0.3 is 0 Å². The highest BCUT2D eigenvalue weighted by atomic mass is 16.5. The Hall–Kier alpha value is -1.35. The number of hydrogen-bond donors (Lipinski definition) is 1. The van der Waals surface area contributed by atoms with Gasteiger partial charge in [0.05, 0.1) is 0 Å². The van der Waals surface area contributed by atoms with Crippen LogP contribution in [0, 0.1) is 0 Å². The maximum Gasteiger partial charge on any atom is 0.218 e. The fourth-order valence-electron chi connectivity index (χ4n) is 1.63. The molecule has 0 amide bonds. The molecule has 1 N–H and O–H groups in total. The second kappa shape index (κ2) is 3.91. The van der Waals surface area contributed by atoms with Crippen molar-refractivity contribution in [2.45, 2.75) is 32.4 Å². The number of aliphatic hydroxyl groups is 1. The van der Waals surface area contributed by atoms with Crippen molar-refractivity contribution in [3.63, 3.8) is 0 Å². The zero-order chi connectivity index (χ0) is 11.8. The SMILES string of the molecule is CC(C)(C)c1ccc(C2=NC(O)CO2)cc1. The van der Waals surface area contributed by atoms with Crippen molar-refractivity contribution in [3.05, 3.63) is 35.4 Å². The first-order chi connectivity index (χ1) is 7.47. The van der Waals surface area contributed by atoms with E-state index in [4.69, 9.17) is 4.74 Å². The average Bonchev–Trinajstić information content (AvgIpc) is 2.64. The van der Waals surface area contributed by atoms with Gasteiger partial charge in [-0.05, 0) is 23.1 Å². The maximum atomic E-state index is 9.23. The van der Waals surface area contributed by atoms with E-state index in [1.165, 1.54) is 5.56 Å². The lowest BCUT2D eigenvalue weighted by molar-refractivity contribution is 0.139. The van der Waals surface area contributed by atoms with Crippen molar-refractivity contribution in [2.75, 3.05) is 6.61 Å². The summed E-state index contributed by atoms with van der Waals surface area (Å²) < 4.78 is 5.28. The fraction of sp³-hybridized carbons (Fsp3) is 0.462. The number of aliphatic hydroxyl groups excluding tert-OH is 1. The van der Waals surface area contributed by atoms with Crippen molar-refractivity contribution < 1.29 is 9.84 Å². The number of ether oxygens (including phenoxy) is 1. The molecule has 0 bridgehead atoms. The van der Waals surface area contributed by atoms with Crippen LogP contribution in [0.15, 0.2) is 29.3 Å². The van der Waals surface area contributed by atoms with E-state index in [-0.39, 0.29) is 12.0 Å². The van der Waals surface area contributed by atoms with Gasteiger partial charge in [-0.15, -0.1) is 0 Å². The first-order valence-electron chi connectivity index (χ1n) is 5.46.